The third kappa shape index (κ3) is 3.97. The second-order valence-electron chi connectivity index (χ2n) is 6.30. The monoisotopic (exact) mass is 328 g/mol. The van der Waals surface area contributed by atoms with Gasteiger partial charge in [-0.05, 0) is 54.5 Å². The molecule has 0 bridgehead atoms. The van der Waals surface area contributed by atoms with Crippen LogP contribution in [0.1, 0.15) is 34.3 Å². The van der Waals surface area contributed by atoms with Gasteiger partial charge in [0.1, 0.15) is 5.82 Å². The highest BCUT2D eigenvalue weighted by Crippen LogP contribution is 2.19. The maximum Gasteiger partial charge on any atom is 0.255 e. The first-order valence-corrected chi connectivity index (χ1v) is 8.24. The lowest BCUT2D eigenvalue weighted by Gasteiger charge is -2.31. The van der Waals surface area contributed by atoms with Crippen LogP contribution in [0.3, 0.4) is 0 Å². The average Bonchev–Trinajstić information content (AvgIpc) is 2.63. The van der Waals surface area contributed by atoms with E-state index in [9.17, 15) is 14.3 Å². The lowest BCUT2D eigenvalue weighted by molar-refractivity contribution is 0.0650. The van der Waals surface area contributed by atoms with Crippen molar-refractivity contribution < 1.29 is 14.3 Å². The summed E-state index contributed by atoms with van der Waals surface area (Å²) < 4.78 is 13.0. The lowest BCUT2D eigenvalue weighted by atomic mass is 9.97. The quantitative estimate of drug-likeness (QED) is 0.939. The summed E-state index contributed by atoms with van der Waals surface area (Å²) in [5, 5.41) is 9.19. The van der Waals surface area contributed by atoms with Crippen LogP contribution >= 0.6 is 0 Å². The molecule has 5 heteroatoms. The number of amides is 1. The number of hydrogen-bond acceptors (Lipinski definition) is 3. The van der Waals surface area contributed by atoms with Gasteiger partial charge in [0.2, 0.25) is 0 Å². The highest BCUT2D eigenvalue weighted by molar-refractivity contribution is 5.94. The van der Waals surface area contributed by atoms with Crippen LogP contribution in [-0.4, -0.2) is 40.6 Å². The Kier molecular flexibility index (Phi) is 5.20. The molecule has 3 rings (SSSR count). The van der Waals surface area contributed by atoms with Gasteiger partial charge in [0.25, 0.3) is 5.91 Å². The van der Waals surface area contributed by atoms with Crippen LogP contribution in [0.5, 0.6) is 0 Å². The first-order chi connectivity index (χ1) is 11.7. The smallest absolute Gasteiger partial charge is 0.255 e. The molecule has 1 aliphatic heterocycles. The van der Waals surface area contributed by atoms with E-state index in [2.05, 4.69) is 4.98 Å². The van der Waals surface area contributed by atoms with Gasteiger partial charge in [-0.25, -0.2) is 4.39 Å². The van der Waals surface area contributed by atoms with E-state index in [0.29, 0.717) is 31.0 Å². The Morgan fingerprint density at radius 3 is 2.54 bits per heavy atom. The molecular weight excluding hydrogens is 307 g/mol. The van der Waals surface area contributed by atoms with Crippen LogP contribution in [0.15, 0.2) is 42.7 Å². The molecule has 1 N–H and O–H groups in total. The van der Waals surface area contributed by atoms with Crippen molar-refractivity contribution >= 4 is 5.91 Å². The van der Waals surface area contributed by atoms with Gasteiger partial charge in [-0.1, -0.05) is 12.1 Å². The van der Waals surface area contributed by atoms with Crippen molar-refractivity contribution in [3.05, 3.63) is 65.2 Å². The van der Waals surface area contributed by atoms with Gasteiger partial charge in [0, 0.05) is 32.1 Å². The van der Waals surface area contributed by atoms with Crippen LogP contribution in [0.4, 0.5) is 4.39 Å². The molecule has 0 atom stereocenters. The summed E-state index contributed by atoms with van der Waals surface area (Å²) in [6.45, 7) is 1.54. The highest BCUT2D eigenvalue weighted by atomic mass is 19.1. The number of aromatic nitrogens is 1. The molecule has 0 radical (unpaired) electrons. The zero-order chi connectivity index (χ0) is 16.9. The number of likely N-dealkylation sites (tertiary alicyclic amines) is 1. The molecule has 2 heterocycles. The Hall–Kier alpha value is -2.27. The van der Waals surface area contributed by atoms with Gasteiger partial charge in [-0.3, -0.25) is 9.78 Å². The Balaban J connectivity index is 1.68. The van der Waals surface area contributed by atoms with E-state index in [4.69, 9.17) is 0 Å². The summed E-state index contributed by atoms with van der Waals surface area (Å²) in [4.78, 5) is 18.6. The first kappa shape index (κ1) is 16.6. The summed E-state index contributed by atoms with van der Waals surface area (Å²) in [5.74, 6) is 0.0314. The van der Waals surface area contributed by atoms with E-state index in [1.54, 1.807) is 24.5 Å². The average molecular weight is 328 g/mol. The molecule has 4 nitrogen and oxygen atoms in total. The summed E-state index contributed by atoms with van der Waals surface area (Å²) in [6, 6.07) is 8.20. The molecule has 24 heavy (non-hydrogen) atoms. The van der Waals surface area contributed by atoms with Crippen molar-refractivity contribution in [2.75, 3.05) is 19.7 Å². The number of pyridine rings is 1. The van der Waals surface area contributed by atoms with Crippen molar-refractivity contribution in [1.82, 2.24) is 9.88 Å². The molecule has 1 amide bonds. The number of rotatable bonds is 4. The van der Waals surface area contributed by atoms with E-state index in [1.807, 2.05) is 11.0 Å². The third-order valence-electron chi connectivity index (χ3n) is 4.52. The fourth-order valence-corrected chi connectivity index (χ4v) is 3.04. The fourth-order valence-electron chi connectivity index (χ4n) is 3.04. The predicted molar refractivity (Wildman–Crippen MR) is 89.2 cm³/mol. The molecule has 0 unspecified atom stereocenters. The van der Waals surface area contributed by atoms with Gasteiger partial charge in [0.15, 0.2) is 0 Å². The molecule has 0 saturated carbocycles. The van der Waals surface area contributed by atoms with E-state index >= 15 is 0 Å². The maximum absolute atomic E-state index is 13.0. The third-order valence-corrected chi connectivity index (χ3v) is 4.52. The Labute approximate surface area is 141 Å². The number of aliphatic hydroxyl groups excluding tert-OH is 1. The van der Waals surface area contributed by atoms with Gasteiger partial charge in [0.05, 0.1) is 5.56 Å². The SMILES string of the molecule is O=C(c1cncc(Cc2ccc(F)cc2)c1)N1CCC(CO)CC1. The van der Waals surface area contributed by atoms with Gasteiger partial charge in [-0.15, -0.1) is 0 Å². The molecule has 1 saturated heterocycles. The minimum absolute atomic E-state index is 0.0140. The van der Waals surface area contributed by atoms with E-state index in [-0.39, 0.29) is 18.3 Å². The minimum atomic E-state index is -0.257. The van der Waals surface area contributed by atoms with Gasteiger partial charge < -0.3 is 10.0 Å². The normalized spacial score (nSPS) is 15.5. The molecule has 1 fully saturated rings. The summed E-state index contributed by atoms with van der Waals surface area (Å²) in [5.41, 5.74) is 2.49. The number of aliphatic hydroxyl groups is 1. The number of carbonyl (C=O) groups excluding carboxylic acids is 1. The van der Waals surface area contributed by atoms with Crippen LogP contribution in [-0.2, 0) is 6.42 Å². The summed E-state index contributed by atoms with van der Waals surface area (Å²) >= 11 is 0. The minimum Gasteiger partial charge on any atom is -0.396 e. The number of piperidine rings is 1. The summed E-state index contributed by atoms with van der Waals surface area (Å²) in [7, 11) is 0. The fraction of sp³-hybridized carbons (Fsp3) is 0.368. The van der Waals surface area contributed by atoms with Crippen molar-refractivity contribution in [3.8, 4) is 0 Å². The van der Waals surface area contributed by atoms with Gasteiger partial charge in [-0.2, -0.15) is 0 Å². The van der Waals surface area contributed by atoms with Crippen LogP contribution in [0, 0.1) is 11.7 Å². The number of halogens is 1. The zero-order valence-corrected chi connectivity index (χ0v) is 13.5. The van der Waals surface area contributed by atoms with Crippen LogP contribution in [0.2, 0.25) is 0 Å². The Morgan fingerprint density at radius 2 is 1.88 bits per heavy atom. The van der Waals surface area contributed by atoms with Gasteiger partial charge >= 0.3 is 0 Å². The molecule has 1 aliphatic rings. The Bertz CT molecular complexity index is 695. The number of benzene rings is 1. The number of hydrogen-bond donors (Lipinski definition) is 1. The van der Waals surface area contributed by atoms with Crippen molar-refractivity contribution in [3.63, 3.8) is 0 Å². The molecule has 2 aromatic rings. The van der Waals surface area contributed by atoms with Crippen molar-refractivity contribution in [2.24, 2.45) is 5.92 Å². The molecule has 126 valence electrons. The van der Waals surface area contributed by atoms with E-state index in [0.717, 1.165) is 24.0 Å². The topological polar surface area (TPSA) is 53.4 Å². The second kappa shape index (κ2) is 7.53. The highest BCUT2D eigenvalue weighted by Gasteiger charge is 2.23. The molecular formula is C19H21FN2O2. The van der Waals surface area contributed by atoms with Crippen LogP contribution < -0.4 is 0 Å². The van der Waals surface area contributed by atoms with E-state index in [1.165, 1.54) is 12.1 Å². The lowest BCUT2D eigenvalue weighted by Crippen LogP contribution is -2.39. The second-order valence-corrected chi connectivity index (χ2v) is 6.30. The molecule has 0 spiro atoms. The summed E-state index contributed by atoms with van der Waals surface area (Å²) in [6.07, 6.45) is 5.61. The van der Waals surface area contributed by atoms with Crippen molar-refractivity contribution in [2.45, 2.75) is 19.3 Å². The Morgan fingerprint density at radius 1 is 1.17 bits per heavy atom. The number of carbonyl (C=O) groups is 1. The predicted octanol–water partition coefficient (Wildman–Crippen LogP) is 2.66. The zero-order valence-electron chi connectivity index (χ0n) is 13.5. The van der Waals surface area contributed by atoms with Crippen molar-refractivity contribution in [1.29, 1.82) is 0 Å². The van der Waals surface area contributed by atoms with E-state index < -0.39 is 0 Å². The molecule has 1 aromatic heterocycles. The largest absolute Gasteiger partial charge is 0.396 e. The number of nitrogens with zero attached hydrogens (tertiary/aromatic N) is 2. The standard InChI is InChI=1S/C19H21FN2O2/c20-18-3-1-14(2-4-18)9-16-10-17(12-21-11-16)19(24)22-7-5-15(13-23)6-8-22/h1-4,10-12,15,23H,5-9,13H2. The van der Waals surface area contributed by atoms with Crippen LogP contribution in [0.25, 0.3) is 0 Å². The molecule has 1 aromatic carbocycles. The molecule has 0 aliphatic carbocycles. The maximum atomic E-state index is 13.0. The first-order valence-electron chi connectivity index (χ1n) is 8.24.